The number of nitrogens with one attached hydrogen (secondary N) is 2. The number of rotatable bonds is 8. The van der Waals surface area contributed by atoms with Crippen LogP contribution in [0.5, 0.6) is 0 Å². The highest BCUT2D eigenvalue weighted by atomic mass is 19.1. The second kappa shape index (κ2) is 10.1. The molecule has 0 unspecified atom stereocenters. The van der Waals surface area contributed by atoms with Crippen molar-refractivity contribution in [1.29, 1.82) is 0 Å². The van der Waals surface area contributed by atoms with Crippen LogP contribution < -0.4 is 10.6 Å². The Kier molecular flexibility index (Phi) is 7.05. The molecule has 1 aromatic carbocycles. The monoisotopic (exact) mass is 390 g/mol. The van der Waals surface area contributed by atoms with Gasteiger partial charge in [-0.1, -0.05) is 24.3 Å². The maximum Gasteiger partial charge on any atom is 0.255 e. The summed E-state index contributed by atoms with van der Waals surface area (Å²) in [5, 5.41) is 6.11. The molecule has 148 valence electrons. The van der Waals surface area contributed by atoms with Crippen molar-refractivity contribution in [3.63, 3.8) is 0 Å². The Morgan fingerprint density at radius 2 is 2.00 bits per heavy atom. The molecule has 6 heteroatoms. The van der Waals surface area contributed by atoms with Crippen molar-refractivity contribution in [1.82, 2.24) is 15.3 Å². The first-order chi connectivity index (χ1) is 14.2. The van der Waals surface area contributed by atoms with Crippen LogP contribution in [0.2, 0.25) is 0 Å². The van der Waals surface area contributed by atoms with Gasteiger partial charge in [0.25, 0.3) is 5.91 Å². The number of allylic oxidation sites excluding steroid dienone is 1. The van der Waals surface area contributed by atoms with Crippen molar-refractivity contribution >= 4 is 17.8 Å². The van der Waals surface area contributed by atoms with Crippen LogP contribution >= 0.6 is 0 Å². The molecule has 0 aliphatic heterocycles. The third-order valence-electron chi connectivity index (χ3n) is 4.27. The normalized spacial score (nSPS) is 10.8. The summed E-state index contributed by atoms with van der Waals surface area (Å²) < 4.78 is 13.4. The molecule has 2 heterocycles. The number of carbonyl (C=O) groups excluding carboxylic acids is 1. The van der Waals surface area contributed by atoms with Crippen molar-refractivity contribution in [2.24, 2.45) is 0 Å². The molecule has 3 rings (SSSR count). The number of nitrogens with zero attached hydrogens (tertiary/aromatic N) is 2. The predicted octanol–water partition coefficient (Wildman–Crippen LogP) is 4.23. The Labute approximate surface area is 169 Å². The molecule has 3 aromatic rings. The molecule has 0 fully saturated rings. The van der Waals surface area contributed by atoms with E-state index in [-0.39, 0.29) is 11.7 Å². The Bertz CT molecular complexity index is 989. The van der Waals surface area contributed by atoms with E-state index in [1.54, 1.807) is 30.6 Å². The van der Waals surface area contributed by atoms with Gasteiger partial charge in [0.05, 0.1) is 11.3 Å². The van der Waals surface area contributed by atoms with Gasteiger partial charge in [-0.05, 0) is 60.9 Å². The van der Waals surface area contributed by atoms with Crippen LogP contribution in [0.3, 0.4) is 0 Å². The maximum absolute atomic E-state index is 13.4. The molecule has 0 radical (unpaired) electrons. The van der Waals surface area contributed by atoms with Gasteiger partial charge < -0.3 is 10.6 Å². The van der Waals surface area contributed by atoms with E-state index in [1.165, 1.54) is 12.1 Å². The molecule has 0 saturated heterocycles. The Hall–Kier alpha value is -3.54. The summed E-state index contributed by atoms with van der Waals surface area (Å²) in [6.45, 7) is 2.82. The number of halogens is 1. The van der Waals surface area contributed by atoms with Crippen molar-refractivity contribution in [2.75, 3.05) is 11.9 Å². The number of amides is 1. The first-order valence-electron chi connectivity index (χ1n) is 9.45. The number of hydrogen-bond donors (Lipinski definition) is 2. The summed E-state index contributed by atoms with van der Waals surface area (Å²) in [5.41, 5.74) is 3.01. The zero-order valence-corrected chi connectivity index (χ0v) is 16.2. The molecule has 0 aliphatic rings. The third-order valence-corrected chi connectivity index (χ3v) is 4.27. The van der Waals surface area contributed by atoms with Gasteiger partial charge in [-0.15, -0.1) is 0 Å². The quantitative estimate of drug-likeness (QED) is 0.604. The molecule has 0 saturated carbocycles. The van der Waals surface area contributed by atoms with Crippen molar-refractivity contribution in [2.45, 2.75) is 19.9 Å². The van der Waals surface area contributed by atoms with Gasteiger partial charge in [-0.25, -0.2) is 9.37 Å². The van der Waals surface area contributed by atoms with Gasteiger partial charge in [0.15, 0.2) is 0 Å². The van der Waals surface area contributed by atoms with Crippen molar-refractivity contribution in [3.05, 3.63) is 95.2 Å². The molecule has 5 nitrogen and oxygen atoms in total. The first-order valence-corrected chi connectivity index (χ1v) is 9.45. The van der Waals surface area contributed by atoms with Crippen LogP contribution in [-0.4, -0.2) is 22.4 Å². The number of benzene rings is 1. The highest BCUT2D eigenvalue weighted by Gasteiger charge is 2.13. The topological polar surface area (TPSA) is 66.9 Å². The van der Waals surface area contributed by atoms with Crippen LogP contribution in [0, 0.1) is 5.82 Å². The molecule has 0 atom stereocenters. The molecule has 0 bridgehead atoms. The van der Waals surface area contributed by atoms with Crippen LogP contribution in [0.15, 0.2) is 67.0 Å². The number of carbonyl (C=O) groups is 1. The average molecular weight is 390 g/mol. The van der Waals surface area contributed by atoms with Crippen LogP contribution in [0.4, 0.5) is 10.2 Å². The molecule has 0 aliphatic carbocycles. The fraction of sp³-hybridized carbons (Fsp3) is 0.174. The lowest BCUT2D eigenvalue weighted by molar-refractivity contribution is 0.0951. The summed E-state index contributed by atoms with van der Waals surface area (Å²) in [6.07, 6.45) is 7.78. The molecular weight excluding hydrogens is 367 g/mol. The van der Waals surface area contributed by atoms with Crippen LogP contribution in [-0.2, 0) is 13.0 Å². The molecule has 0 spiro atoms. The summed E-state index contributed by atoms with van der Waals surface area (Å²) in [7, 11) is 0. The fourth-order valence-corrected chi connectivity index (χ4v) is 2.85. The van der Waals surface area contributed by atoms with E-state index in [9.17, 15) is 9.18 Å². The molecule has 1 amide bonds. The summed E-state index contributed by atoms with van der Waals surface area (Å²) in [5.74, 6) is 0.0218. The van der Waals surface area contributed by atoms with Gasteiger partial charge in [0.2, 0.25) is 0 Å². The van der Waals surface area contributed by atoms with Gasteiger partial charge in [-0.2, -0.15) is 0 Å². The van der Waals surface area contributed by atoms with Gasteiger partial charge in [0, 0.05) is 25.5 Å². The zero-order chi connectivity index (χ0) is 20.5. The largest absolute Gasteiger partial charge is 0.369 e. The smallest absolute Gasteiger partial charge is 0.255 e. The summed E-state index contributed by atoms with van der Waals surface area (Å²) in [4.78, 5) is 21.3. The van der Waals surface area contributed by atoms with Crippen molar-refractivity contribution < 1.29 is 9.18 Å². The third kappa shape index (κ3) is 5.97. The SMILES string of the molecule is C/C=C/c1ccc(C(=O)NCc2cccnc2)c(NCCc2cccc(F)c2)n1. The minimum Gasteiger partial charge on any atom is -0.369 e. The lowest BCUT2D eigenvalue weighted by Gasteiger charge is -2.12. The van der Waals surface area contributed by atoms with Gasteiger partial charge >= 0.3 is 0 Å². The maximum atomic E-state index is 13.4. The minimum absolute atomic E-state index is 0.221. The van der Waals surface area contributed by atoms with E-state index in [4.69, 9.17) is 0 Å². The van der Waals surface area contributed by atoms with Crippen molar-refractivity contribution in [3.8, 4) is 0 Å². The average Bonchev–Trinajstić information content (AvgIpc) is 2.73. The van der Waals surface area contributed by atoms with E-state index in [0.717, 1.165) is 16.8 Å². The lowest BCUT2D eigenvalue weighted by atomic mass is 10.1. The van der Waals surface area contributed by atoms with Gasteiger partial charge in [0.1, 0.15) is 11.6 Å². The molecule has 29 heavy (non-hydrogen) atoms. The van der Waals surface area contributed by atoms with E-state index in [2.05, 4.69) is 20.6 Å². The number of hydrogen-bond acceptors (Lipinski definition) is 4. The first kappa shape index (κ1) is 20.2. The highest BCUT2D eigenvalue weighted by Crippen LogP contribution is 2.16. The Morgan fingerprint density at radius 1 is 1.14 bits per heavy atom. The molecule has 2 aromatic heterocycles. The Balaban J connectivity index is 1.70. The summed E-state index contributed by atoms with van der Waals surface area (Å²) >= 11 is 0. The van der Waals surface area contributed by atoms with Crippen LogP contribution in [0.1, 0.15) is 34.1 Å². The zero-order valence-electron chi connectivity index (χ0n) is 16.2. The minimum atomic E-state index is -0.258. The standard InChI is InChI=1S/C23H23FN4O/c1-2-5-20-9-10-21(23(29)27-16-18-7-4-12-25-15-18)22(28-20)26-13-11-17-6-3-8-19(24)14-17/h2-10,12,14-15H,11,13,16H2,1H3,(H,26,28)(H,27,29)/b5-2+. The lowest BCUT2D eigenvalue weighted by Crippen LogP contribution is -2.25. The van der Waals surface area contributed by atoms with E-state index in [1.807, 2.05) is 37.3 Å². The Morgan fingerprint density at radius 3 is 2.76 bits per heavy atom. The highest BCUT2D eigenvalue weighted by molar-refractivity contribution is 5.98. The predicted molar refractivity (Wildman–Crippen MR) is 113 cm³/mol. The molecule has 2 N–H and O–H groups in total. The van der Waals surface area contributed by atoms with E-state index < -0.39 is 0 Å². The fourth-order valence-electron chi connectivity index (χ4n) is 2.85. The van der Waals surface area contributed by atoms with Gasteiger partial charge in [-0.3, -0.25) is 9.78 Å². The second-order valence-corrected chi connectivity index (χ2v) is 6.48. The van der Waals surface area contributed by atoms with Crippen LogP contribution in [0.25, 0.3) is 6.08 Å². The van der Waals surface area contributed by atoms with E-state index in [0.29, 0.717) is 30.9 Å². The molecular formula is C23H23FN4O. The number of anilines is 1. The summed E-state index contributed by atoms with van der Waals surface area (Å²) in [6, 6.07) is 13.8. The number of aromatic nitrogens is 2. The van der Waals surface area contributed by atoms with E-state index >= 15 is 0 Å². The number of pyridine rings is 2. The second-order valence-electron chi connectivity index (χ2n) is 6.48.